The first-order chi connectivity index (χ1) is 14.0. The number of aldehydes is 1. The molecule has 2 N–H and O–H groups in total. The molecule has 0 bridgehead atoms. The molecule has 1 aliphatic rings. The fourth-order valence-electron chi connectivity index (χ4n) is 3.52. The zero-order valence-corrected chi connectivity index (χ0v) is 16.4. The number of rotatable bonds is 9. The summed E-state index contributed by atoms with van der Waals surface area (Å²) >= 11 is 0. The number of nitrogens with zero attached hydrogens (tertiary/aromatic N) is 1. The van der Waals surface area contributed by atoms with E-state index in [1.54, 1.807) is 24.3 Å². The van der Waals surface area contributed by atoms with Crippen LogP contribution >= 0.6 is 0 Å². The van der Waals surface area contributed by atoms with Gasteiger partial charge in [-0.1, -0.05) is 30.3 Å². The lowest BCUT2D eigenvalue weighted by molar-refractivity contribution is -0.120. The van der Waals surface area contributed by atoms with Crippen LogP contribution in [0.1, 0.15) is 40.7 Å². The van der Waals surface area contributed by atoms with Crippen molar-refractivity contribution in [1.82, 2.24) is 4.90 Å². The maximum Gasteiger partial charge on any atom is 0.157 e. The third-order valence-corrected chi connectivity index (χ3v) is 5.22. The van der Waals surface area contributed by atoms with E-state index in [1.807, 2.05) is 12.1 Å². The van der Waals surface area contributed by atoms with Gasteiger partial charge in [0.2, 0.25) is 0 Å². The number of phenols is 2. The number of ketones is 1. The molecule has 1 atom stereocenters. The van der Waals surface area contributed by atoms with Gasteiger partial charge in [0.15, 0.2) is 11.5 Å². The molecular weight excluding hydrogens is 370 g/mol. The Balaban J connectivity index is 1.40. The van der Waals surface area contributed by atoms with Crippen LogP contribution in [0, 0.1) is 0 Å². The molecule has 0 amide bonds. The highest BCUT2D eigenvalue weighted by molar-refractivity contribution is 5.78. The van der Waals surface area contributed by atoms with E-state index in [2.05, 4.69) is 4.90 Å². The van der Waals surface area contributed by atoms with Crippen LogP contribution in [0.4, 0.5) is 0 Å². The van der Waals surface area contributed by atoms with Gasteiger partial charge in [-0.05, 0) is 36.1 Å². The van der Waals surface area contributed by atoms with Crippen molar-refractivity contribution in [3.8, 4) is 11.5 Å². The zero-order chi connectivity index (χ0) is 20.6. The first-order valence-corrected chi connectivity index (χ1v) is 9.94. The first-order valence-electron chi connectivity index (χ1n) is 9.94. The number of hydrogen-bond acceptors (Lipinski definition) is 6. The van der Waals surface area contributed by atoms with Gasteiger partial charge in [-0.3, -0.25) is 14.5 Å². The lowest BCUT2D eigenvalue weighted by Gasteiger charge is -2.33. The number of Topliss-reactive ketones (excluding diaryl/α,β-unsaturated/α-hetero) is 1. The standard InChI is InChI=1S/C23H27NO5/c25-16-18-3-1-17(2-4-18)5-7-20(26)8-9-21-15-24(11-12-29-21)14-19-6-10-22(27)23(28)13-19/h1-4,6,10,13,16,21,27-28H,5,7-9,11-12,14-15H2. The van der Waals surface area contributed by atoms with Gasteiger partial charge in [0, 0.05) is 38.0 Å². The number of aryl methyl sites for hydroxylation is 1. The molecule has 1 fully saturated rings. The second-order valence-corrected chi connectivity index (χ2v) is 7.49. The minimum absolute atomic E-state index is 0.0188. The van der Waals surface area contributed by atoms with Crippen LogP contribution in [0.15, 0.2) is 42.5 Å². The second kappa shape index (κ2) is 10.2. The lowest BCUT2D eigenvalue weighted by atomic mass is 10.0. The predicted molar refractivity (Wildman–Crippen MR) is 109 cm³/mol. The summed E-state index contributed by atoms with van der Waals surface area (Å²) in [5, 5.41) is 19.1. The van der Waals surface area contributed by atoms with Gasteiger partial charge in [-0.15, -0.1) is 0 Å². The first kappa shape index (κ1) is 21.0. The fraction of sp³-hybridized carbons (Fsp3) is 0.391. The summed E-state index contributed by atoms with van der Waals surface area (Å²) in [5.41, 5.74) is 2.63. The van der Waals surface area contributed by atoms with Crippen LogP contribution in [-0.4, -0.2) is 53.0 Å². The van der Waals surface area contributed by atoms with E-state index in [0.717, 1.165) is 30.5 Å². The number of morpholine rings is 1. The van der Waals surface area contributed by atoms with E-state index in [4.69, 9.17) is 4.74 Å². The van der Waals surface area contributed by atoms with Crippen molar-refractivity contribution in [2.75, 3.05) is 19.7 Å². The molecule has 0 aromatic heterocycles. The van der Waals surface area contributed by atoms with Gasteiger partial charge in [0.05, 0.1) is 12.7 Å². The topological polar surface area (TPSA) is 87.1 Å². The highest BCUT2D eigenvalue weighted by atomic mass is 16.5. The summed E-state index contributed by atoms with van der Waals surface area (Å²) in [5.74, 6) is -0.0147. The summed E-state index contributed by atoms with van der Waals surface area (Å²) < 4.78 is 5.81. The second-order valence-electron chi connectivity index (χ2n) is 7.49. The minimum atomic E-state index is -0.119. The molecule has 0 aliphatic carbocycles. The Morgan fingerprint density at radius 1 is 1.07 bits per heavy atom. The van der Waals surface area contributed by atoms with Gasteiger partial charge >= 0.3 is 0 Å². The van der Waals surface area contributed by atoms with Crippen molar-refractivity contribution >= 4 is 12.1 Å². The zero-order valence-electron chi connectivity index (χ0n) is 16.4. The van der Waals surface area contributed by atoms with Crippen LogP contribution in [0.2, 0.25) is 0 Å². The van der Waals surface area contributed by atoms with E-state index in [9.17, 15) is 19.8 Å². The van der Waals surface area contributed by atoms with Crippen LogP contribution in [0.5, 0.6) is 11.5 Å². The number of phenolic OH excluding ortho intramolecular Hbond substituents is 2. The summed E-state index contributed by atoms with van der Waals surface area (Å²) in [4.78, 5) is 25.2. The molecule has 0 radical (unpaired) electrons. The smallest absolute Gasteiger partial charge is 0.157 e. The van der Waals surface area contributed by atoms with Crippen molar-refractivity contribution < 1.29 is 24.5 Å². The summed E-state index contributed by atoms with van der Waals surface area (Å²) in [7, 11) is 0. The maximum atomic E-state index is 12.2. The van der Waals surface area contributed by atoms with Gasteiger partial charge in [-0.25, -0.2) is 0 Å². The highest BCUT2D eigenvalue weighted by Crippen LogP contribution is 2.26. The van der Waals surface area contributed by atoms with Crippen molar-refractivity contribution in [2.24, 2.45) is 0 Å². The largest absolute Gasteiger partial charge is 0.504 e. The van der Waals surface area contributed by atoms with E-state index in [1.165, 1.54) is 6.07 Å². The molecule has 1 heterocycles. The molecule has 154 valence electrons. The van der Waals surface area contributed by atoms with Crippen LogP contribution in [-0.2, 0) is 22.5 Å². The SMILES string of the molecule is O=Cc1ccc(CCC(=O)CCC2CN(Cc3ccc(O)c(O)c3)CCO2)cc1. The molecule has 1 unspecified atom stereocenters. The number of aromatic hydroxyl groups is 2. The maximum absolute atomic E-state index is 12.2. The van der Waals surface area contributed by atoms with Crippen LogP contribution < -0.4 is 0 Å². The van der Waals surface area contributed by atoms with E-state index in [0.29, 0.717) is 44.4 Å². The summed E-state index contributed by atoms with van der Waals surface area (Å²) in [6.07, 6.45) is 3.19. The molecule has 6 nitrogen and oxygen atoms in total. The molecular formula is C23H27NO5. The summed E-state index contributed by atoms with van der Waals surface area (Å²) in [6.45, 7) is 2.81. The Morgan fingerprint density at radius 3 is 2.55 bits per heavy atom. The molecule has 29 heavy (non-hydrogen) atoms. The third-order valence-electron chi connectivity index (χ3n) is 5.22. The number of benzene rings is 2. The average molecular weight is 397 g/mol. The Labute approximate surface area is 170 Å². The van der Waals surface area contributed by atoms with Crippen molar-refractivity contribution in [3.05, 3.63) is 59.2 Å². The van der Waals surface area contributed by atoms with Gasteiger partial charge < -0.3 is 14.9 Å². The molecule has 3 rings (SSSR count). The third kappa shape index (κ3) is 6.41. The van der Waals surface area contributed by atoms with Gasteiger partial charge in [0.25, 0.3) is 0 Å². The molecule has 6 heteroatoms. The normalized spacial score (nSPS) is 17.2. The molecule has 2 aromatic carbocycles. The Bertz CT molecular complexity index is 834. The van der Waals surface area contributed by atoms with E-state index >= 15 is 0 Å². The average Bonchev–Trinajstić information content (AvgIpc) is 2.74. The quantitative estimate of drug-likeness (QED) is 0.499. The fourth-order valence-corrected chi connectivity index (χ4v) is 3.52. The van der Waals surface area contributed by atoms with Gasteiger partial charge in [-0.2, -0.15) is 0 Å². The number of carbonyl (C=O) groups is 2. The molecule has 2 aromatic rings. The lowest BCUT2D eigenvalue weighted by Crippen LogP contribution is -2.42. The van der Waals surface area contributed by atoms with E-state index < -0.39 is 0 Å². The minimum Gasteiger partial charge on any atom is -0.504 e. The Hall–Kier alpha value is -2.70. The molecule has 0 spiro atoms. The molecule has 1 saturated heterocycles. The van der Waals surface area contributed by atoms with E-state index in [-0.39, 0.29) is 23.4 Å². The predicted octanol–water partition coefficient (Wildman–Crippen LogP) is 3.09. The molecule has 1 aliphatic heterocycles. The monoisotopic (exact) mass is 397 g/mol. The highest BCUT2D eigenvalue weighted by Gasteiger charge is 2.21. The number of ether oxygens (including phenoxy) is 1. The van der Waals surface area contributed by atoms with Crippen molar-refractivity contribution in [3.63, 3.8) is 0 Å². The van der Waals surface area contributed by atoms with Crippen molar-refractivity contribution in [1.29, 1.82) is 0 Å². The molecule has 0 saturated carbocycles. The Kier molecular flexibility index (Phi) is 7.38. The van der Waals surface area contributed by atoms with Crippen LogP contribution in [0.3, 0.4) is 0 Å². The number of hydrogen-bond donors (Lipinski definition) is 2. The van der Waals surface area contributed by atoms with Gasteiger partial charge in [0.1, 0.15) is 12.1 Å². The van der Waals surface area contributed by atoms with Crippen LogP contribution in [0.25, 0.3) is 0 Å². The van der Waals surface area contributed by atoms with Crippen molar-refractivity contribution in [2.45, 2.75) is 38.3 Å². The summed E-state index contributed by atoms with van der Waals surface area (Å²) in [6, 6.07) is 12.2. The Morgan fingerprint density at radius 2 is 1.83 bits per heavy atom. The number of carbonyl (C=O) groups excluding carboxylic acids is 2.